The van der Waals surface area contributed by atoms with Crippen LogP contribution in [0.25, 0.3) is 17.1 Å². The third-order valence-corrected chi connectivity index (χ3v) is 5.27. The van der Waals surface area contributed by atoms with Crippen molar-refractivity contribution in [2.24, 2.45) is 7.05 Å². The maximum atomic E-state index is 11.8. The fourth-order valence-corrected chi connectivity index (χ4v) is 3.79. The van der Waals surface area contributed by atoms with Crippen molar-refractivity contribution in [2.45, 2.75) is 18.3 Å². The minimum absolute atomic E-state index is 0.0264. The van der Waals surface area contributed by atoms with Gasteiger partial charge in [0, 0.05) is 30.6 Å². The predicted octanol–water partition coefficient (Wildman–Crippen LogP) is 2.74. The zero-order valence-electron chi connectivity index (χ0n) is 16.0. The zero-order chi connectivity index (χ0) is 20.8. The number of hydrogen-bond donors (Lipinski definition) is 2. The second-order valence-electron chi connectivity index (χ2n) is 7.36. The van der Waals surface area contributed by atoms with E-state index in [-0.39, 0.29) is 23.1 Å². The van der Waals surface area contributed by atoms with Crippen LogP contribution in [-0.4, -0.2) is 45.9 Å². The van der Waals surface area contributed by atoms with Crippen molar-refractivity contribution in [1.29, 1.82) is 0 Å². The highest BCUT2D eigenvalue weighted by atomic mass is 16.4. The number of aryl methyl sites for hydroxylation is 1. The summed E-state index contributed by atoms with van der Waals surface area (Å²) < 4.78 is 3.23. The fourth-order valence-electron chi connectivity index (χ4n) is 3.79. The Morgan fingerprint density at radius 1 is 1.17 bits per heavy atom. The van der Waals surface area contributed by atoms with Crippen molar-refractivity contribution in [3.63, 3.8) is 0 Å². The summed E-state index contributed by atoms with van der Waals surface area (Å²) >= 11 is 0. The molecular formula is C21H18N6O3. The minimum atomic E-state index is -1.02. The maximum absolute atomic E-state index is 11.8. The summed E-state index contributed by atoms with van der Waals surface area (Å²) in [6.45, 7) is 0. The van der Waals surface area contributed by atoms with Crippen LogP contribution in [0.3, 0.4) is 0 Å². The van der Waals surface area contributed by atoms with Crippen molar-refractivity contribution in [3.8, 4) is 22.8 Å². The van der Waals surface area contributed by atoms with Gasteiger partial charge < -0.3 is 10.2 Å². The molecule has 3 aromatic heterocycles. The first-order chi connectivity index (χ1) is 14.5. The number of carbonyl (C=O) groups is 1. The van der Waals surface area contributed by atoms with Crippen molar-refractivity contribution in [3.05, 3.63) is 71.8 Å². The molecule has 0 radical (unpaired) electrons. The van der Waals surface area contributed by atoms with Gasteiger partial charge in [0.15, 0.2) is 5.82 Å². The molecule has 1 aliphatic rings. The van der Waals surface area contributed by atoms with Gasteiger partial charge in [0.1, 0.15) is 11.3 Å². The van der Waals surface area contributed by atoms with E-state index in [0.717, 1.165) is 17.7 Å². The number of rotatable bonds is 5. The zero-order valence-corrected chi connectivity index (χ0v) is 16.0. The molecule has 1 saturated carbocycles. The summed E-state index contributed by atoms with van der Waals surface area (Å²) in [4.78, 5) is 16.5. The van der Waals surface area contributed by atoms with Crippen molar-refractivity contribution in [1.82, 2.24) is 29.8 Å². The van der Waals surface area contributed by atoms with Gasteiger partial charge in [0.25, 0.3) is 0 Å². The summed E-state index contributed by atoms with van der Waals surface area (Å²) in [5, 5.41) is 31.9. The molecule has 0 unspecified atom stereocenters. The van der Waals surface area contributed by atoms with Crippen LogP contribution >= 0.6 is 0 Å². The first-order valence-corrected chi connectivity index (χ1v) is 9.45. The van der Waals surface area contributed by atoms with Crippen molar-refractivity contribution in [2.75, 3.05) is 0 Å². The molecule has 0 saturated heterocycles. The number of aromatic carboxylic acids is 1. The van der Waals surface area contributed by atoms with Crippen molar-refractivity contribution < 1.29 is 15.0 Å². The van der Waals surface area contributed by atoms with Gasteiger partial charge in [-0.1, -0.05) is 23.4 Å². The lowest BCUT2D eigenvalue weighted by Gasteiger charge is -2.09. The van der Waals surface area contributed by atoms with Crippen molar-refractivity contribution >= 4 is 5.97 Å². The number of carboxylic acid groups (broad SMARTS) is 1. The Kier molecular flexibility index (Phi) is 4.09. The van der Waals surface area contributed by atoms with E-state index in [0.29, 0.717) is 17.2 Å². The average Bonchev–Trinajstić information content (AvgIpc) is 3.18. The SMILES string of the molecule is Cn1cc([C@@H]2C[C@H]2c2c(C(=O)O)cnn2-c2cccc(-c3cccc(O)c3)n2)nn1. The van der Waals surface area contributed by atoms with Gasteiger partial charge in [0.2, 0.25) is 0 Å². The normalized spacial score (nSPS) is 17.8. The Balaban J connectivity index is 1.56. The molecule has 30 heavy (non-hydrogen) atoms. The van der Waals surface area contributed by atoms with Gasteiger partial charge in [-0.15, -0.1) is 5.10 Å². The summed E-state index contributed by atoms with van der Waals surface area (Å²) in [5.41, 5.74) is 3.03. The van der Waals surface area contributed by atoms with E-state index in [9.17, 15) is 15.0 Å². The number of nitrogens with zero attached hydrogens (tertiary/aromatic N) is 6. The fraction of sp³-hybridized carbons (Fsp3) is 0.190. The maximum Gasteiger partial charge on any atom is 0.339 e. The summed E-state index contributed by atoms with van der Waals surface area (Å²) in [6, 6.07) is 12.3. The Hall–Kier alpha value is -4.01. The van der Waals surface area contributed by atoms with Crippen LogP contribution in [0.2, 0.25) is 0 Å². The number of phenols is 1. The van der Waals surface area contributed by atoms with Gasteiger partial charge in [-0.25, -0.2) is 14.5 Å². The van der Waals surface area contributed by atoms with Gasteiger partial charge in [-0.05, 0) is 30.7 Å². The standard InChI is InChI=1S/C21H18N6O3/c1-26-11-18(24-25-26)14-9-15(14)20-16(21(29)30)10-22-27(20)19-7-3-6-17(23-19)12-4-2-5-13(28)8-12/h2-8,10-11,14-15,28H,9H2,1H3,(H,29,30)/t14-,15-/m1/s1. The highest BCUT2D eigenvalue weighted by Gasteiger charge is 2.46. The monoisotopic (exact) mass is 402 g/mol. The molecule has 0 amide bonds. The highest BCUT2D eigenvalue weighted by molar-refractivity contribution is 5.89. The Bertz CT molecular complexity index is 1260. The number of aromatic hydroxyl groups is 1. The van der Waals surface area contributed by atoms with Gasteiger partial charge in [-0.2, -0.15) is 5.10 Å². The number of carboxylic acids is 1. The lowest BCUT2D eigenvalue weighted by atomic mass is 10.1. The Morgan fingerprint density at radius 3 is 2.73 bits per heavy atom. The number of pyridine rings is 1. The third kappa shape index (κ3) is 3.10. The predicted molar refractivity (Wildman–Crippen MR) is 107 cm³/mol. The molecule has 150 valence electrons. The van der Waals surface area contributed by atoms with E-state index in [1.807, 2.05) is 24.4 Å². The largest absolute Gasteiger partial charge is 0.508 e. The summed E-state index contributed by atoms with van der Waals surface area (Å²) in [6.07, 6.45) is 4.00. The number of hydrogen-bond acceptors (Lipinski definition) is 6. The van der Waals surface area contributed by atoms with Gasteiger partial charge in [-0.3, -0.25) is 4.68 Å². The molecule has 2 atom stereocenters. The van der Waals surface area contributed by atoms with Crippen LogP contribution < -0.4 is 0 Å². The third-order valence-electron chi connectivity index (χ3n) is 5.27. The van der Waals surface area contributed by atoms with E-state index in [1.165, 1.54) is 6.20 Å². The van der Waals surface area contributed by atoms with E-state index >= 15 is 0 Å². The van der Waals surface area contributed by atoms with Crippen LogP contribution in [-0.2, 0) is 7.05 Å². The molecule has 5 rings (SSSR count). The smallest absolute Gasteiger partial charge is 0.339 e. The second kappa shape index (κ2) is 6.80. The van der Waals surface area contributed by atoms with E-state index in [2.05, 4.69) is 20.4 Å². The summed E-state index contributed by atoms with van der Waals surface area (Å²) in [5.74, 6) is -0.284. The Morgan fingerprint density at radius 2 is 2.00 bits per heavy atom. The molecule has 2 N–H and O–H groups in total. The molecular weight excluding hydrogens is 384 g/mol. The first-order valence-electron chi connectivity index (χ1n) is 9.45. The molecule has 0 aliphatic heterocycles. The molecule has 0 bridgehead atoms. The minimum Gasteiger partial charge on any atom is -0.508 e. The molecule has 4 aromatic rings. The van der Waals surface area contributed by atoms with E-state index < -0.39 is 5.97 Å². The van der Waals surface area contributed by atoms with E-state index in [1.54, 1.807) is 40.7 Å². The number of benzene rings is 1. The molecule has 1 aromatic carbocycles. The van der Waals surface area contributed by atoms with Crippen LogP contribution in [0.15, 0.2) is 54.9 Å². The molecule has 0 spiro atoms. The number of phenolic OH excluding ortho intramolecular Hbond substituents is 1. The Labute approximate surface area is 171 Å². The van der Waals surface area contributed by atoms with Crippen LogP contribution in [0.1, 0.15) is 40.0 Å². The molecule has 9 nitrogen and oxygen atoms in total. The summed E-state index contributed by atoms with van der Waals surface area (Å²) in [7, 11) is 1.80. The topological polar surface area (TPSA) is 119 Å². The first kappa shape index (κ1) is 18.0. The molecule has 1 fully saturated rings. The lowest BCUT2D eigenvalue weighted by molar-refractivity contribution is 0.0695. The molecule has 3 heterocycles. The van der Waals surface area contributed by atoms with Crippen LogP contribution in [0.4, 0.5) is 0 Å². The molecule has 9 heteroatoms. The second-order valence-corrected chi connectivity index (χ2v) is 7.36. The highest BCUT2D eigenvalue weighted by Crippen LogP contribution is 2.55. The van der Waals surface area contributed by atoms with E-state index in [4.69, 9.17) is 0 Å². The van der Waals surface area contributed by atoms with Gasteiger partial charge in [0.05, 0.1) is 23.3 Å². The van der Waals surface area contributed by atoms with Crippen LogP contribution in [0, 0.1) is 0 Å². The quantitative estimate of drug-likeness (QED) is 0.527. The average molecular weight is 402 g/mol. The van der Waals surface area contributed by atoms with Gasteiger partial charge >= 0.3 is 5.97 Å². The van der Waals surface area contributed by atoms with Crippen LogP contribution in [0.5, 0.6) is 5.75 Å². The lowest BCUT2D eigenvalue weighted by Crippen LogP contribution is -2.08. The number of aromatic nitrogens is 6. The molecule has 1 aliphatic carbocycles.